The zero-order valence-corrected chi connectivity index (χ0v) is 11.6. The van der Waals surface area contributed by atoms with Crippen molar-refractivity contribution in [2.45, 2.75) is 13.8 Å². The van der Waals surface area contributed by atoms with Gasteiger partial charge in [0.1, 0.15) is 0 Å². The molecular formula is C13H16BrNO2. The van der Waals surface area contributed by atoms with Crippen LogP contribution in [0.4, 0.5) is 0 Å². The largest absolute Gasteiger partial charge is 0.380 e. The van der Waals surface area contributed by atoms with Crippen LogP contribution in [0.3, 0.4) is 0 Å². The van der Waals surface area contributed by atoms with E-state index in [1.807, 2.05) is 25.1 Å². The van der Waals surface area contributed by atoms with E-state index in [1.165, 1.54) is 0 Å². The maximum absolute atomic E-state index is 11.9. The first-order chi connectivity index (χ1) is 8.00. The summed E-state index contributed by atoms with van der Waals surface area (Å²) in [6.07, 6.45) is 0. The summed E-state index contributed by atoms with van der Waals surface area (Å²) in [5.41, 5.74) is 1.92. The lowest BCUT2D eigenvalue weighted by atomic mass is 9.88. The maximum atomic E-state index is 11.9. The monoisotopic (exact) mass is 297 g/mol. The average Bonchev–Trinajstić information content (AvgIpc) is 2.27. The third-order valence-electron chi connectivity index (χ3n) is 3.01. The molecule has 1 saturated heterocycles. The average molecular weight is 298 g/mol. The molecule has 1 aliphatic rings. The second kappa shape index (κ2) is 4.78. The van der Waals surface area contributed by atoms with Gasteiger partial charge in [-0.2, -0.15) is 0 Å². The number of carbonyl (C=O) groups excluding carboxylic acids is 1. The van der Waals surface area contributed by atoms with Crippen LogP contribution in [-0.2, 0) is 4.74 Å². The predicted octanol–water partition coefficient (Wildman–Crippen LogP) is 2.52. The Labute approximate surface area is 110 Å². The summed E-state index contributed by atoms with van der Waals surface area (Å²) in [5.74, 6) is -0.0289. The molecule has 1 aromatic carbocycles. The van der Waals surface area contributed by atoms with Gasteiger partial charge in [0, 0.05) is 22.0 Å². The minimum atomic E-state index is -0.0289. The molecule has 17 heavy (non-hydrogen) atoms. The zero-order chi connectivity index (χ0) is 12.5. The summed E-state index contributed by atoms with van der Waals surface area (Å²) in [5, 5.41) is 2.95. The second-order valence-electron chi connectivity index (χ2n) is 4.95. The lowest BCUT2D eigenvalue weighted by Gasteiger charge is -2.38. The minimum Gasteiger partial charge on any atom is -0.380 e. The number of rotatable bonds is 3. The first-order valence-corrected chi connectivity index (χ1v) is 6.42. The van der Waals surface area contributed by atoms with Crippen molar-refractivity contribution >= 4 is 21.8 Å². The molecule has 0 unspecified atom stereocenters. The Bertz CT molecular complexity index is 441. The molecule has 0 aromatic heterocycles. The van der Waals surface area contributed by atoms with Crippen molar-refractivity contribution < 1.29 is 9.53 Å². The highest BCUT2D eigenvalue weighted by Crippen LogP contribution is 2.25. The Morgan fingerprint density at radius 1 is 1.53 bits per heavy atom. The van der Waals surface area contributed by atoms with E-state index < -0.39 is 0 Å². The molecule has 92 valence electrons. The Kier molecular flexibility index (Phi) is 3.54. The standard InChI is InChI=1S/C13H16BrNO2/c1-9-3-4-10(5-11(9)14)12(16)15-6-13(2)7-17-8-13/h3-5H,6-8H2,1-2H3,(H,15,16). The number of hydrogen-bond donors (Lipinski definition) is 1. The van der Waals surface area contributed by atoms with E-state index in [1.54, 1.807) is 0 Å². The van der Waals surface area contributed by atoms with E-state index in [2.05, 4.69) is 28.2 Å². The molecule has 2 rings (SSSR count). The van der Waals surface area contributed by atoms with E-state index in [0.717, 1.165) is 23.2 Å². The minimum absolute atomic E-state index is 0.0289. The van der Waals surface area contributed by atoms with Gasteiger partial charge in [0.2, 0.25) is 0 Å². The molecule has 0 radical (unpaired) electrons. The summed E-state index contributed by atoms with van der Waals surface area (Å²) in [7, 11) is 0. The number of amides is 1. The Morgan fingerprint density at radius 2 is 2.24 bits per heavy atom. The fourth-order valence-electron chi connectivity index (χ4n) is 1.68. The fourth-order valence-corrected chi connectivity index (χ4v) is 2.06. The normalized spacial score (nSPS) is 17.4. The molecule has 1 amide bonds. The Morgan fingerprint density at radius 3 is 2.76 bits per heavy atom. The summed E-state index contributed by atoms with van der Waals surface area (Å²) < 4.78 is 6.11. The molecule has 3 nitrogen and oxygen atoms in total. The summed E-state index contributed by atoms with van der Waals surface area (Å²) in [4.78, 5) is 11.9. The molecule has 0 aliphatic carbocycles. The van der Waals surface area contributed by atoms with Crippen molar-refractivity contribution in [1.82, 2.24) is 5.32 Å². The number of benzene rings is 1. The molecule has 0 saturated carbocycles. The first kappa shape index (κ1) is 12.6. The van der Waals surface area contributed by atoms with Crippen LogP contribution in [0, 0.1) is 12.3 Å². The van der Waals surface area contributed by atoms with Crippen molar-refractivity contribution in [1.29, 1.82) is 0 Å². The quantitative estimate of drug-likeness (QED) is 0.931. The summed E-state index contributed by atoms with van der Waals surface area (Å²) in [6.45, 7) is 6.23. The molecule has 1 aromatic rings. The van der Waals surface area contributed by atoms with E-state index in [9.17, 15) is 4.79 Å². The molecule has 0 atom stereocenters. The van der Waals surface area contributed by atoms with Gasteiger partial charge in [-0.05, 0) is 24.6 Å². The van der Waals surface area contributed by atoms with E-state index in [-0.39, 0.29) is 11.3 Å². The van der Waals surface area contributed by atoms with Gasteiger partial charge in [-0.3, -0.25) is 4.79 Å². The molecule has 1 N–H and O–H groups in total. The third kappa shape index (κ3) is 2.87. The number of carbonyl (C=O) groups is 1. The zero-order valence-electron chi connectivity index (χ0n) is 10.0. The van der Waals surface area contributed by atoms with Gasteiger partial charge in [-0.15, -0.1) is 0 Å². The number of nitrogens with one attached hydrogen (secondary N) is 1. The van der Waals surface area contributed by atoms with Gasteiger partial charge in [0.05, 0.1) is 13.2 Å². The van der Waals surface area contributed by atoms with Crippen LogP contribution < -0.4 is 5.32 Å². The second-order valence-corrected chi connectivity index (χ2v) is 5.80. The van der Waals surface area contributed by atoms with Crippen LogP contribution in [0.2, 0.25) is 0 Å². The molecule has 0 spiro atoms. The maximum Gasteiger partial charge on any atom is 0.251 e. The molecular weight excluding hydrogens is 282 g/mol. The fraction of sp³-hybridized carbons (Fsp3) is 0.462. The van der Waals surface area contributed by atoms with Crippen molar-refractivity contribution in [2.75, 3.05) is 19.8 Å². The molecule has 4 heteroatoms. The van der Waals surface area contributed by atoms with Gasteiger partial charge in [0.25, 0.3) is 5.91 Å². The van der Waals surface area contributed by atoms with Gasteiger partial charge >= 0.3 is 0 Å². The Balaban J connectivity index is 1.97. The van der Waals surface area contributed by atoms with Crippen LogP contribution in [0.25, 0.3) is 0 Å². The van der Waals surface area contributed by atoms with Crippen molar-refractivity contribution in [2.24, 2.45) is 5.41 Å². The van der Waals surface area contributed by atoms with Gasteiger partial charge < -0.3 is 10.1 Å². The highest BCUT2D eigenvalue weighted by atomic mass is 79.9. The van der Waals surface area contributed by atoms with Gasteiger partial charge in [-0.25, -0.2) is 0 Å². The van der Waals surface area contributed by atoms with Crippen LogP contribution in [0.15, 0.2) is 22.7 Å². The topological polar surface area (TPSA) is 38.3 Å². The van der Waals surface area contributed by atoms with Crippen molar-refractivity contribution in [3.63, 3.8) is 0 Å². The number of halogens is 1. The molecule has 1 aliphatic heterocycles. The Hall–Kier alpha value is -0.870. The van der Waals surface area contributed by atoms with Crippen LogP contribution in [-0.4, -0.2) is 25.7 Å². The number of hydrogen-bond acceptors (Lipinski definition) is 2. The lowest BCUT2D eigenvalue weighted by molar-refractivity contribution is -0.0978. The predicted molar refractivity (Wildman–Crippen MR) is 70.1 cm³/mol. The number of ether oxygens (including phenoxy) is 1. The van der Waals surface area contributed by atoms with Crippen molar-refractivity contribution in [3.05, 3.63) is 33.8 Å². The van der Waals surface area contributed by atoms with Crippen LogP contribution in [0.5, 0.6) is 0 Å². The highest BCUT2D eigenvalue weighted by molar-refractivity contribution is 9.10. The van der Waals surface area contributed by atoms with E-state index >= 15 is 0 Å². The number of aryl methyl sites for hydroxylation is 1. The lowest BCUT2D eigenvalue weighted by Crippen LogP contribution is -2.48. The summed E-state index contributed by atoms with van der Waals surface area (Å²) >= 11 is 3.43. The van der Waals surface area contributed by atoms with Crippen molar-refractivity contribution in [3.8, 4) is 0 Å². The molecule has 1 heterocycles. The van der Waals surface area contributed by atoms with Gasteiger partial charge in [-0.1, -0.05) is 28.9 Å². The highest BCUT2D eigenvalue weighted by Gasteiger charge is 2.33. The van der Waals surface area contributed by atoms with Crippen LogP contribution in [0.1, 0.15) is 22.8 Å². The van der Waals surface area contributed by atoms with Gasteiger partial charge in [0.15, 0.2) is 0 Å². The summed E-state index contributed by atoms with van der Waals surface area (Å²) in [6, 6.07) is 5.63. The molecule has 1 fully saturated rings. The SMILES string of the molecule is Cc1ccc(C(=O)NCC2(C)COC2)cc1Br. The third-order valence-corrected chi connectivity index (χ3v) is 3.87. The van der Waals surface area contributed by atoms with Crippen LogP contribution >= 0.6 is 15.9 Å². The van der Waals surface area contributed by atoms with E-state index in [0.29, 0.717) is 12.1 Å². The molecule has 0 bridgehead atoms. The smallest absolute Gasteiger partial charge is 0.251 e. The van der Waals surface area contributed by atoms with E-state index in [4.69, 9.17) is 4.74 Å². The first-order valence-electron chi connectivity index (χ1n) is 5.62.